The van der Waals surface area contributed by atoms with Crippen LogP contribution in [0.3, 0.4) is 0 Å². The molecule has 0 bridgehead atoms. The van der Waals surface area contributed by atoms with E-state index in [4.69, 9.17) is 9.47 Å². The Morgan fingerprint density at radius 3 is 2.43 bits per heavy atom. The molecular formula is C39H49N5O4S. The number of rotatable bonds is 17. The molecule has 0 spiro atoms. The molecule has 4 aromatic rings. The van der Waals surface area contributed by atoms with Crippen molar-refractivity contribution in [1.29, 1.82) is 0 Å². The molecule has 1 aliphatic rings. The Hall–Kier alpha value is -4.28. The molecule has 9 nitrogen and oxygen atoms in total. The molecule has 3 aromatic carbocycles. The molecule has 0 saturated carbocycles. The number of hydrogen-bond donors (Lipinski definition) is 1. The molecule has 0 radical (unpaired) electrons. The Morgan fingerprint density at radius 1 is 0.898 bits per heavy atom. The van der Waals surface area contributed by atoms with Crippen molar-refractivity contribution in [3.8, 4) is 16.9 Å². The molecular weight excluding hydrogens is 635 g/mol. The van der Waals surface area contributed by atoms with Crippen LogP contribution in [0.1, 0.15) is 70.7 Å². The van der Waals surface area contributed by atoms with Crippen LogP contribution >= 0.6 is 0 Å². The van der Waals surface area contributed by atoms with E-state index >= 15 is 0 Å². The van der Waals surface area contributed by atoms with Crippen LogP contribution in [0.15, 0.2) is 83.5 Å². The minimum Gasteiger partial charge on any atom is -0.491 e. The lowest BCUT2D eigenvalue weighted by atomic mass is 9.96. The number of carbonyl (C=O) groups excluding carboxylic acids is 1. The molecule has 1 aliphatic heterocycles. The number of unbranched alkanes of at least 4 members (excludes halogenated alkanes) is 1. The smallest absolute Gasteiger partial charge is 0.251 e. The van der Waals surface area contributed by atoms with E-state index in [0.717, 1.165) is 92.0 Å². The minimum absolute atomic E-state index is 0.123. The van der Waals surface area contributed by atoms with Crippen LogP contribution in [0.25, 0.3) is 17.2 Å². The number of carbonyl (C=O) groups is 1. The van der Waals surface area contributed by atoms with Gasteiger partial charge in [0, 0.05) is 48.1 Å². The number of amides is 1. The highest BCUT2D eigenvalue weighted by Crippen LogP contribution is 2.33. The Labute approximate surface area is 293 Å². The van der Waals surface area contributed by atoms with Gasteiger partial charge in [-0.3, -0.25) is 9.00 Å². The Morgan fingerprint density at radius 2 is 1.67 bits per heavy atom. The zero-order valence-corrected chi connectivity index (χ0v) is 29.8. The highest BCUT2D eigenvalue weighted by Gasteiger charge is 2.19. The van der Waals surface area contributed by atoms with Crippen molar-refractivity contribution in [2.24, 2.45) is 0 Å². The van der Waals surface area contributed by atoms with Crippen LogP contribution in [-0.2, 0) is 32.6 Å². The fourth-order valence-electron chi connectivity index (χ4n) is 5.89. The van der Waals surface area contributed by atoms with Gasteiger partial charge in [-0.25, -0.2) is 0 Å². The average Bonchev–Trinajstić information content (AvgIpc) is 3.54. The van der Waals surface area contributed by atoms with E-state index in [1.165, 1.54) is 0 Å². The van der Waals surface area contributed by atoms with Gasteiger partial charge in [0.15, 0.2) is 0 Å². The van der Waals surface area contributed by atoms with Gasteiger partial charge in [0.1, 0.15) is 24.5 Å². The molecule has 1 atom stereocenters. The summed E-state index contributed by atoms with van der Waals surface area (Å²) in [5, 5.41) is 11.2. The number of fused-ring (bicyclic) bond motifs is 1. The minimum atomic E-state index is -1.27. The third-order valence-electron chi connectivity index (χ3n) is 8.48. The zero-order valence-electron chi connectivity index (χ0n) is 29.0. The summed E-state index contributed by atoms with van der Waals surface area (Å²) in [6, 6.07) is 21.9. The van der Waals surface area contributed by atoms with Crippen LogP contribution in [0, 0.1) is 0 Å². The molecule has 1 aromatic heterocycles. The van der Waals surface area contributed by atoms with Gasteiger partial charge in [-0.05, 0) is 103 Å². The molecule has 10 heteroatoms. The van der Waals surface area contributed by atoms with Crippen molar-refractivity contribution in [2.75, 3.05) is 43.1 Å². The standard InChI is InChI=1S/C39H49N5O4S/c1-4-7-23-47-24-25-48-35-15-10-30(11-16-35)31-12-19-37-33(26-31)27-32(9-8-22-43(37)20-5-2)39(45)41-34-13-17-36(18-14-34)49(46)28-38-42-40-29-44(38)21-6-3/h10-19,26-27,29H,4-9,20-25,28H2,1-3H3,(H,41,45)/b32-27+/t49-/m1/s1. The molecule has 5 rings (SSSR count). The van der Waals surface area contributed by atoms with Gasteiger partial charge in [0.05, 0.1) is 23.2 Å². The first-order valence-corrected chi connectivity index (χ1v) is 18.9. The van der Waals surface area contributed by atoms with E-state index in [9.17, 15) is 9.00 Å². The number of ether oxygens (including phenoxy) is 2. The number of benzene rings is 3. The van der Waals surface area contributed by atoms with Gasteiger partial charge < -0.3 is 24.3 Å². The Bertz CT molecular complexity index is 1700. The van der Waals surface area contributed by atoms with Gasteiger partial charge in [0.2, 0.25) is 0 Å². The summed E-state index contributed by atoms with van der Waals surface area (Å²) in [5.74, 6) is 1.70. The molecule has 260 valence electrons. The van der Waals surface area contributed by atoms with E-state index in [0.29, 0.717) is 41.8 Å². The summed E-state index contributed by atoms with van der Waals surface area (Å²) >= 11 is 0. The van der Waals surface area contributed by atoms with Crippen molar-refractivity contribution in [3.05, 3.63) is 90.0 Å². The summed E-state index contributed by atoms with van der Waals surface area (Å²) in [7, 11) is -1.27. The predicted molar refractivity (Wildman–Crippen MR) is 198 cm³/mol. The quantitative estimate of drug-likeness (QED) is 0.113. The maximum atomic E-state index is 13.6. The third-order valence-corrected chi connectivity index (χ3v) is 9.80. The van der Waals surface area contributed by atoms with Crippen molar-refractivity contribution in [3.63, 3.8) is 0 Å². The van der Waals surface area contributed by atoms with Crippen molar-refractivity contribution < 1.29 is 18.5 Å². The summed E-state index contributed by atoms with van der Waals surface area (Å²) in [6.45, 7) is 10.9. The second-order valence-corrected chi connectivity index (χ2v) is 13.7. The molecule has 2 heterocycles. The normalized spacial score (nSPS) is 14.7. The van der Waals surface area contributed by atoms with Crippen LogP contribution in [-0.4, -0.2) is 57.8 Å². The Kier molecular flexibility index (Phi) is 13.6. The van der Waals surface area contributed by atoms with Gasteiger partial charge in [0.25, 0.3) is 5.91 Å². The summed E-state index contributed by atoms with van der Waals surface area (Å²) in [5.41, 5.74) is 5.74. The molecule has 0 aliphatic carbocycles. The van der Waals surface area contributed by atoms with Crippen molar-refractivity contribution in [1.82, 2.24) is 14.8 Å². The first kappa shape index (κ1) is 36.0. The number of aromatic nitrogens is 3. The number of aryl methyl sites for hydroxylation is 1. The fraction of sp³-hybridized carbons (Fsp3) is 0.410. The van der Waals surface area contributed by atoms with Crippen molar-refractivity contribution >= 4 is 34.2 Å². The van der Waals surface area contributed by atoms with Crippen LogP contribution in [0.5, 0.6) is 5.75 Å². The Balaban J connectivity index is 1.28. The third kappa shape index (κ3) is 10.1. The maximum absolute atomic E-state index is 13.6. The van der Waals surface area contributed by atoms with E-state index in [2.05, 4.69) is 71.5 Å². The van der Waals surface area contributed by atoms with Gasteiger partial charge in [-0.1, -0.05) is 45.4 Å². The molecule has 0 fully saturated rings. The first-order chi connectivity index (χ1) is 24.0. The predicted octanol–water partition coefficient (Wildman–Crippen LogP) is 7.89. The van der Waals surface area contributed by atoms with E-state index < -0.39 is 10.8 Å². The highest BCUT2D eigenvalue weighted by molar-refractivity contribution is 7.84. The highest BCUT2D eigenvalue weighted by atomic mass is 32.2. The SMILES string of the molecule is CCCCOCCOc1ccc(-c2ccc3c(c2)/C=C(/C(=O)Nc2ccc([S@](=O)Cc4nncn4CCC)cc2)CCCN3CCC)cc1. The zero-order chi connectivity index (χ0) is 34.4. The number of nitrogens with one attached hydrogen (secondary N) is 1. The van der Waals surface area contributed by atoms with Gasteiger partial charge in [-0.15, -0.1) is 10.2 Å². The summed E-state index contributed by atoms with van der Waals surface area (Å²) < 4.78 is 26.5. The first-order valence-electron chi connectivity index (χ1n) is 17.6. The second kappa shape index (κ2) is 18.5. The summed E-state index contributed by atoms with van der Waals surface area (Å²) in [6.07, 6.45) is 9.46. The lowest BCUT2D eigenvalue weighted by Crippen LogP contribution is -2.28. The van der Waals surface area contributed by atoms with E-state index in [-0.39, 0.29) is 5.91 Å². The molecule has 1 N–H and O–H groups in total. The molecule has 0 unspecified atom stereocenters. The number of anilines is 2. The average molecular weight is 684 g/mol. The lowest BCUT2D eigenvalue weighted by Gasteiger charge is -2.29. The van der Waals surface area contributed by atoms with E-state index in [1.807, 2.05) is 34.9 Å². The molecule has 1 amide bonds. The largest absolute Gasteiger partial charge is 0.491 e. The number of hydrogen-bond acceptors (Lipinski definition) is 7. The monoisotopic (exact) mass is 683 g/mol. The van der Waals surface area contributed by atoms with Crippen LogP contribution in [0.2, 0.25) is 0 Å². The van der Waals surface area contributed by atoms with Crippen molar-refractivity contribution in [2.45, 2.75) is 76.5 Å². The van der Waals surface area contributed by atoms with Gasteiger partial charge in [-0.2, -0.15) is 0 Å². The van der Waals surface area contributed by atoms with Crippen LogP contribution in [0.4, 0.5) is 11.4 Å². The lowest BCUT2D eigenvalue weighted by molar-refractivity contribution is -0.112. The molecule has 49 heavy (non-hydrogen) atoms. The maximum Gasteiger partial charge on any atom is 0.251 e. The van der Waals surface area contributed by atoms with Gasteiger partial charge >= 0.3 is 0 Å². The fourth-order valence-corrected chi connectivity index (χ4v) is 6.95. The molecule has 0 saturated heterocycles. The van der Waals surface area contributed by atoms with Crippen LogP contribution < -0.4 is 15.0 Å². The number of nitrogens with zero attached hydrogens (tertiary/aromatic N) is 4. The van der Waals surface area contributed by atoms with E-state index in [1.54, 1.807) is 18.5 Å². The topological polar surface area (TPSA) is 98.6 Å². The summed E-state index contributed by atoms with van der Waals surface area (Å²) in [4.78, 5) is 16.7. The second-order valence-electron chi connectivity index (χ2n) is 12.3.